The molecular formula is C43H52O5Si. The van der Waals surface area contributed by atoms with Gasteiger partial charge in [-0.05, 0) is 83.3 Å². The Morgan fingerprint density at radius 2 is 1.39 bits per heavy atom. The molecule has 3 fully saturated rings. The van der Waals surface area contributed by atoms with Crippen molar-refractivity contribution in [1.82, 2.24) is 0 Å². The van der Waals surface area contributed by atoms with E-state index in [1.807, 2.05) is 0 Å². The van der Waals surface area contributed by atoms with Crippen molar-refractivity contribution >= 4 is 19.4 Å². The summed E-state index contributed by atoms with van der Waals surface area (Å²) in [5.41, 5.74) is 3.07. The van der Waals surface area contributed by atoms with Gasteiger partial charge < -0.3 is 23.7 Å². The Balaban J connectivity index is 1.34. The fourth-order valence-corrected chi connectivity index (χ4v) is 11.8. The highest BCUT2D eigenvalue weighted by atomic mass is 28.3. The standard InChI is InChI=1S/C43H52O5Si/c1-41(2,3)40-36-28-38(44)47-42(4,48-49(34-18-10-6-11-19-34)35-20-12-7-13-21-35)43(36,30-37(40)46-39-22-14-15-27-45-39)29-31-23-25-33(26-24-31)32-16-8-5-9-17-32/h5-13,16-21,23-26,36-40,44,49H,14-15,22,27-30H2,1-4H3/t36-,37-,38?,39?,40-,42?,43+/m1/s1. The van der Waals surface area contributed by atoms with Gasteiger partial charge in [-0.1, -0.05) is 136 Å². The Kier molecular flexibility index (Phi) is 9.99. The summed E-state index contributed by atoms with van der Waals surface area (Å²) in [6.07, 6.45) is 3.93. The largest absolute Gasteiger partial charge is 0.384 e. The van der Waals surface area contributed by atoms with E-state index in [4.69, 9.17) is 18.6 Å². The molecule has 4 aromatic rings. The maximum absolute atomic E-state index is 11.6. The van der Waals surface area contributed by atoms with E-state index in [2.05, 4.69) is 143 Å². The lowest BCUT2D eigenvalue weighted by atomic mass is 9.60. The van der Waals surface area contributed by atoms with Gasteiger partial charge in [0.1, 0.15) is 0 Å². The normalized spacial score (nSPS) is 30.3. The van der Waals surface area contributed by atoms with Gasteiger partial charge in [-0.3, -0.25) is 0 Å². The third kappa shape index (κ3) is 7.10. The van der Waals surface area contributed by atoms with Crippen molar-refractivity contribution in [3.05, 3.63) is 121 Å². The van der Waals surface area contributed by atoms with E-state index in [0.717, 1.165) is 38.7 Å². The zero-order valence-corrected chi connectivity index (χ0v) is 30.6. The van der Waals surface area contributed by atoms with Crippen LogP contribution in [0.4, 0.5) is 0 Å². The van der Waals surface area contributed by atoms with Gasteiger partial charge in [0.15, 0.2) is 18.4 Å². The number of hydrogen-bond acceptors (Lipinski definition) is 5. The highest BCUT2D eigenvalue weighted by Gasteiger charge is 2.68. The van der Waals surface area contributed by atoms with Crippen LogP contribution < -0.4 is 10.4 Å². The van der Waals surface area contributed by atoms with Gasteiger partial charge in [0.25, 0.3) is 0 Å². The van der Waals surface area contributed by atoms with Crippen LogP contribution in [0, 0.1) is 22.7 Å². The van der Waals surface area contributed by atoms with Gasteiger partial charge in [-0.15, -0.1) is 0 Å². The molecule has 0 radical (unpaired) electrons. The highest BCUT2D eigenvalue weighted by molar-refractivity contribution is 6.80. The molecule has 2 aliphatic heterocycles. The maximum atomic E-state index is 11.6. The van der Waals surface area contributed by atoms with Crippen molar-refractivity contribution in [2.75, 3.05) is 6.61 Å². The van der Waals surface area contributed by atoms with Gasteiger partial charge in [0.2, 0.25) is 9.04 Å². The summed E-state index contributed by atoms with van der Waals surface area (Å²) in [6.45, 7) is 9.83. The molecule has 0 aromatic heterocycles. The van der Waals surface area contributed by atoms with E-state index in [1.54, 1.807) is 0 Å². The van der Waals surface area contributed by atoms with Crippen LogP contribution in [-0.2, 0) is 25.1 Å². The maximum Gasteiger partial charge on any atom is 0.243 e. The fourth-order valence-electron chi connectivity index (χ4n) is 9.21. The van der Waals surface area contributed by atoms with Crippen molar-refractivity contribution in [2.45, 2.75) is 90.7 Å². The molecule has 49 heavy (non-hydrogen) atoms. The molecule has 3 unspecified atom stereocenters. The molecule has 7 rings (SSSR count). The van der Waals surface area contributed by atoms with E-state index in [9.17, 15) is 5.11 Å². The van der Waals surface area contributed by atoms with E-state index in [0.29, 0.717) is 6.42 Å². The van der Waals surface area contributed by atoms with Gasteiger partial charge in [-0.25, -0.2) is 0 Å². The smallest absolute Gasteiger partial charge is 0.243 e. The van der Waals surface area contributed by atoms with Crippen molar-refractivity contribution in [3.8, 4) is 11.1 Å². The SMILES string of the molecule is CC(C)(C)[C@@H]1[C@H]2CC(O)OC(C)(O[SiH](c3ccccc3)c3ccccc3)[C@@]2(Cc2ccc(-c3ccccc3)cc2)C[C@H]1OC1CCCCO1. The molecule has 0 amide bonds. The zero-order chi connectivity index (χ0) is 34.1. The number of hydrogen-bond donors (Lipinski definition) is 1. The summed E-state index contributed by atoms with van der Waals surface area (Å²) in [6, 6.07) is 40.7. The second-order valence-corrected chi connectivity index (χ2v) is 18.0. The topological polar surface area (TPSA) is 57.2 Å². The first-order valence-electron chi connectivity index (χ1n) is 18.2. The van der Waals surface area contributed by atoms with Crippen molar-refractivity contribution in [3.63, 3.8) is 0 Å². The van der Waals surface area contributed by atoms with Gasteiger partial charge in [-0.2, -0.15) is 0 Å². The first-order valence-corrected chi connectivity index (χ1v) is 19.8. The predicted molar refractivity (Wildman–Crippen MR) is 198 cm³/mol. The molecular weight excluding hydrogens is 625 g/mol. The first kappa shape index (κ1) is 34.4. The lowest BCUT2D eigenvalue weighted by Gasteiger charge is -2.56. The van der Waals surface area contributed by atoms with E-state index in [1.165, 1.54) is 27.1 Å². The Hall–Kier alpha value is -3.10. The van der Waals surface area contributed by atoms with E-state index >= 15 is 0 Å². The molecule has 1 saturated carbocycles. The monoisotopic (exact) mass is 676 g/mol. The van der Waals surface area contributed by atoms with Crippen molar-refractivity contribution in [1.29, 1.82) is 0 Å². The highest BCUT2D eigenvalue weighted by Crippen LogP contribution is 2.65. The first-order chi connectivity index (χ1) is 23.7. The minimum Gasteiger partial charge on any atom is -0.384 e. The van der Waals surface area contributed by atoms with Crippen LogP contribution in [0.1, 0.15) is 65.4 Å². The number of aliphatic hydroxyl groups is 1. The number of aliphatic hydroxyl groups excluding tert-OH is 1. The van der Waals surface area contributed by atoms with E-state index < -0.39 is 26.5 Å². The molecule has 5 nitrogen and oxygen atoms in total. The summed E-state index contributed by atoms with van der Waals surface area (Å²) < 4.78 is 27.6. The van der Waals surface area contributed by atoms with Gasteiger partial charge in [0, 0.05) is 18.4 Å². The number of ether oxygens (including phenoxy) is 3. The molecule has 6 heteroatoms. The molecule has 7 atom stereocenters. The summed E-state index contributed by atoms with van der Waals surface area (Å²) in [7, 11) is -2.29. The Labute approximate surface area is 294 Å². The molecule has 0 bridgehead atoms. The predicted octanol–water partition coefficient (Wildman–Crippen LogP) is 7.49. The van der Waals surface area contributed by atoms with Crippen molar-refractivity contribution in [2.24, 2.45) is 22.7 Å². The van der Waals surface area contributed by atoms with Crippen LogP contribution >= 0.6 is 0 Å². The minimum absolute atomic E-state index is 0.0675. The third-order valence-electron chi connectivity index (χ3n) is 11.4. The molecule has 0 spiro atoms. The average Bonchev–Trinajstić information content (AvgIpc) is 3.43. The van der Waals surface area contributed by atoms with Crippen molar-refractivity contribution < 1.29 is 23.7 Å². The van der Waals surface area contributed by atoms with Gasteiger partial charge in [0.05, 0.1) is 6.10 Å². The molecule has 2 saturated heterocycles. The summed E-state index contributed by atoms with van der Waals surface area (Å²) >= 11 is 0. The summed E-state index contributed by atoms with van der Waals surface area (Å²) in [5.74, 6) is -0.841. The molecule has 4 aromatic carbocycles. The zero-order valence-electron chi connectivity index (χ0n) is 29.5. The molecule has 1 aliphatic carbocycles. The lowest BCUT2D eigenvalue weighted by Crippen LogP contribution is -2.64. The van der Waals surface area contributed by atoms with E-state index in [-0.39, 0.29) is 29.6 Å². The lowest BCUT2D eigenvalue weighted by molar-refractivity contribution is -0.351. The molecule has 258 valence electrons. The Morgan fingerprint density at radius 1 is 0.796 bits per heavy atom. The second kappa shape index (κ2) is 14.3. The molecule has 1 N–H and O–H groups in total. The summed E-state index contributed by atoms with van der Waals surface area (Å²) in [5, 5.41) is 14.0. The fraction of sp³-hybridized carbons (Fsp3) is 0.442. The van der Waals surface area contributed by atoms with Crippen LogP contribution in [-0.4, -0.2) is 45.2 Å². The summed E-state index contributed by atoms with van der Waals surface area (Å²) in [4.78, 5) is 0. The number of benzene rings is 4. The quantitative estimate of drug-likeness (QED) is 0.186. The third-order valence-corrected chi connectivity index (χ3v) is 14.1. The number of rotatable bonds is 9. The van der Waals surface area contributed by atoms with Crippen LogP contribution in [0.2, 0.25) is 0 Å². The van der Waals surface area contributed by atoms with Crippen LogP contribution in [0.25, 0.3) is 11.1 Å². The Bertz CT molecular complexity index is 1600. The molecule has 3 aliphatic rings. The number of fused-ring (bicyclic) bond motifs is 1. The minimum atomic E-state index is -2.29. The van der Waals surface area contributed by atoms with Crippen LogP contribution in [0.15, 0.2) is 115 Å². The van der Waals surface area contributed by atoms with Crippen LogP contribution in [0.5, 0.6) is 0 Å². The average molecular weight is 677 g/mol. The molecule has 2 heterocycles. The Morgan fingerprint density at radius 3 is 1.96 bits per heavy atom. The van der Waals surface area contributed by atoms with Gasteiger partial charge >= 0.3 is 0 Å². The van der Waals surface area contributed by atoms with Crippen LogP contribution in [0.3, 0.4) is 0 Å². The second-order valence-electron chi connectivity index (χ2n) is 15.6.